The number of carboxylic acid groups (broad SMARTS) is 1. The molecule has 2 aliphatic rings. The molecule has 2 rings (SSSR count). The molecule has 1 aliphatic heterocycles. The summed E-state index contributed by atoms with van der Waals surface area (Å²) in [6.45, 7) is 1.94. The number of piperidine rings is 1. The summed E-state index contributed by atoms with van der Waals surface area (Å²) >= 11 is 0. The third-order valence-electron chi connectivity index (χ3n) is 4.73. The lowest BCUT2D eigenvalue weighted by atomic mass is 9.84. The summed E-state index contributed by atoms with van der Waals surface area (Å²) in [5.41, 5.74) is 0. The summed E-state index contributed by atoms with van der Waals surface area (Å²) in [6.07, 6.45) is 6.93. The van der Waals surface area contributed by atoms with Crippen LogP contribution in [0.3, 0.4) is 0 Å². The number of nitrogens with zero attached hydrogens (tertiary/aromatic N) is 1. The van der Waals surface area contributed by atoms with Crippen molar-refractivity contribution >= 4 is 12.0 Å². The van der Waals surface area contributed by atoms with E-state index in [-0.39, 0.29) is 18.0 Å². The van der Waals surface area contributed by atoms with Gasteiger partial charge in [-0.05, 0) is 51.7 Å². The summed E-state index contributed by atoms with van der Waals surface area (Å²) in [5, 5.41) is 15.0. The minimum absolute atomic E-state index is 0.0690. The number of hydrogen-bond donors (Lipinski definition) is 3. The van der Waals surface area contributed by atoms with Gasteiger partial charge in [0.2, 0.25) is 0 Å². The van der Waals surface area contributed by atoms with Crippen molar-refractivity contribution in [3.8, 4) is 0 Å². The second-order valence-corrected chi connectivity index (χ2v) is 6.41. The molecule has 2 fully saturated rings. The van der Waals surface area contributed by atoms with Crippen LogP contribution in [0.1, 0.15) is 44.9 Å². The van der Waals surface area contributed by atoms with Crippen molar-refractivity contribution in [1.82, 2.24) is 15.5 Å². The molecule has 6 heteroatoms. The first-order valence-corrected chi connectivity index (χ1v) is 8.04. The van der Waals surface area contributed by atoms with Gasteiger partial charge in [-0.25, -0.2) is 9.59 Å². The van der Waals surface area contributed by atoms with Gasteiger partial charge in [-0.2, -0.15) is 0 Å². The van der Waals surface area contributed by atoms with E-state index in [1.807, 2.05) is 0 Å². The maximum atomic E-state index is 12.1. The Morgan fingerprint density at radius 1 is 1.10 bits per heavy atom. The summed E-state index contributed by atoms with van der Waals surface area (Å²) in [5.74, 6) is -0.847. The second kappa shape index (κ2) is 7.64. The van der Waals surface area contributed by atoms with Crippen molar-refractivity contribution in [3.63, 3.8) is 0 Å². The zero-order valence-corrected chi connectivity index (χ0v) is 12.8. The van der Waals surface area contributed by atoms with Crippen molar-refractivity contribution in [2.45, 2.75) is 57.0 Å². The van der Waals surface area contributed by atoms with Gasteiger partial charge in [0.25, 0.3) is 0 Å². The monoisotopic (exact) mass is 297 g/mol. The van der Waals surface area contributed by atoms with Crippen molar-refractivity contribution < 1.29 is 14.7 Å². The Hall–Kier alpha value is -1.30. The van der Waals surface area contributed by atoms with Crippen molar-refractivity contribution in [2.75, 3.05) is 20.1 Å². The van der Waals surface area contributed by atoms with E-state index in [0.29, 0.717) is 0 Å². The number of aliphatic carboxylic acids is 1. The Bertz CT molecular complexity index is 361. The van der Waals surface area contributed by atoms with Gasteiger partial charge in [0, 0.05) is 6.04 Å². The summed E-state index contributed by atoms with van der Waals surface area (Å²) < 4.78 is 0. The van der Waals surface area contributed by atoms with Crippen LogP contribution in [0.25, 0.3) is 0 Å². The fraction of sp³-hybridized carbons (Fsp3) is 0.867. The fourth-order valence-electron chi connectivity index (χ4n) is 3.37. The van der Waals surface area contributed by atoms with E-state index in [2.05, 4.69) is 22.6 Å². The molecule has 1 atom stereocenters. The largest absolute Gasteiger partial charge is 0.480 e. The third-order valence-corrected chi connectivity index (χ3v) is 4.73. The van der Waals surface area contributed by atoms with Gasteiger partial charge in [0.15, 0.2) is 0 Å². The SMILES string of the molecule is CN1CCC(NC(=O)NC(C(=O)O)C2CCCCC2)CC1. The standard InChI is InChI=1S/C15H27N3O3/c1-18-9-7-12(8-10-18)16-15(21)17-13(14(19)20)11-5-3-2-4-6-11/h11-13H,2-10H2,1H3,(H,19,20)(H2,16,17,21). The van der Waals surface area contributed by atoms with Crippen molar-refractivity contribution in [2.24, 2.45) is 5.92 Å². The molecule has 1 heterocycles. The van der Waals surface area contributed by atoms with E-state index in [0.717, 1.165) is 51.6 Å². The Kier molecular flexibility index (Phi) is 5.85. The fourth-order valence-corrected chi connectivity index (χ4v) is 3.37. The van der Waals surface area contributed by atoms with Crippen LogP contribution in [0, 0.1) is 5.92 Å². The molecule has 0 radical (unpaired) electrons. The number of rotatable bonds is 4. The van der Waals surface area contributed by atoms with Gasteiger partial charge in [0.1, 0.15) is 6.04 Å². The number of carbonyl (C=O) groups is 2. The number of urea groups is 1. The van der Waals surface area contributed by atoms with Crippen LogP contribution in [0.5, 0.6) is 0 Å². The van der Waals surface area contributed by atoms with Crippen LogP contribution in [-0.2, 0) is 4.79 Å². The van der Waals surface area contributed by atoms with Crippen LogP contribution in [0.4, 0.5) is 4.79 Å². The highest BCUT2D eigenvalue weighted by Crippen LogP contribution is 2.26. The predicted molar refractivity (Wildman–Crippen MR) is 80.2 cm³/mol. The molecule has 2 amide bonds. The van der Waals surface area contributed by atoms with Gasteiger partial charge in [-0.1, -0.05) is 19.3 Å². The van der Waals surface area contributed by atoms with E-state index in [4.69, 9.17) is 0 Å². The predicted octanol–water partition coefficient (Wildman–Crippen LogP) is 1.41. The van der Waals surface area contributed by atoms with Gasteiger partial charge in [-0.15, -0.1) is 0 Å². The Balaban J connectivity index is 1.82. The highest BCUT2D eigenvalue weighted by atomic mass is 16.4. The molecule has 3 N–H and O–H groups in total. The smallest absolute Gasteiger partial charge is 0.326 e. The normalized spacial score (nSPS) is 23.5. The molecular formula is C15H27N3O3. The van der Waals surface area contributed by atoms with Gasteiger partial charge >= 0.3 is 12.0 Å². The molecular weight excluding hydrogens is 270 g/mol. The molecule has 120 valence electrons. The zero-order chi connectivity index (χ0) is 15.2. The Morgan fingerprint density at radius 2 is 1.71 bits per heavy atom. The lowest BCUT2D eigenvalue weighted by molar-refractivity contribution is -0.141. The van der Waals surface area contributed by atoms with Crippen LogP contribution in [-0.4, -0.2) is 54.2 Å². The lowest BCUT2D eigenvalue weighted by Crippen LogP contribution is -2.53. The minimum Gasteiger partial charge on any atom is -0.480 e. The minimum atomic E-state index is -0.916. The summed E-state index contributed by atoms with van der Waals surface area (Å²) in [7, 11) is 2.07. The summed E-state index contributed by atoms with van der Waals surface area (Å²) in [6, 6.07) is -0.930. The van der Waals surface area contributed by atoms with Gasteiger partial charge < -0.3 is 20.6 Å². The molecule has 0 aromatic carbocycles. The molecule has 1 saturated carbocycles. The highest BCUT2D eigenvalue weighted by molar-refractivity contribution is 5.82. The van der Waals surface area contributed by atoms with Crippen molar-refractivity contribution in [3.05, 3.63) is 0 Å². The second-order valence-electron chi connectivity index (χ2n) is 6.41. The van der Waals surface area contributed by atoms with Crippen LogP contribution in [0.2, 0.25) is 0 Å². The molecule has 0 spiro atoms. The summed E-state index contributed by atoms with van der Waals surface area (Å²) in [4.78, 5) is 25.7. The van der Waals surface area contributed by atoms with E-state index >= 15 is 0 Å². The van der Waals surface area contributed by atoms with E-state index in [9.17, 15) is 14.7 Å². The number of nitrogens with one attached hydrogen (secondary N) is 2. The molecule has 6 nitrogen and oxygen atoms in total. The molecule has 0 bridgehead atoms. The van der Waals surface area contributed by atoms with E-state index in [1.165, 1.54) is 6.42 Å². The molecule has 1 unspecified atom stereocenters. The van der Waals surface area contributed by atoms with Gasteiger partial charge in [-0.3, -0.25) is 0 Å². The zero-order valence-electron chi connectivity index (χ0n) is 12.8. The number of carboxylic acids is 1. The Morgan fingerprint density at radius 3 is 2.29 bits per heavy atom. The maximum absolute atomic E-state index is 12.1. The maximum Gasteiger partial charge on any atom is 0.326 e. The first-order valence-electron chi connectivity index (χ1n) is 8.04. The third kappa shape index (κ3) is 4.88. The number of carbonyl (C=O) groups excluding carboxylic acids is 1. The quantitative estimate of drug-likeness (QED) is 0.733. The van der Waals surface area contributed by atoms with Gasteiger partial charge in [0.05, 0.1) is 0 Å². The first kappa shape index (κ1) is 16.1. The van der Waals surface area contributed by atoms with Crippen molar-refractivity contribution in [1.29, 1.82) is 0 Å². The lowest BCUT2D eigenvalue weighted by Gasteiger charge is -2.31. The highest BCUT2D eigenvalue weighted by Gasteiger charge is 2.31. The van der Waals surface area contributed by atoms with Crippen LogP contribution in [0.15, 0.2) is 0 Å². The van der Waals surface area contributed by atoms with Crippen LogP contribution < -0.4 is 10.6 Å². The topological polar surface area (TPSA) is 81.7 Å². The number of likely N-dealkylation sites (tertiary alicyclic amines) is 1. The molecule has 1 aliphatic carbocycles. The number of hydrogen-bond acceptors (Lipinski definition) is 3. The van der Waals surface area contributed by atoms with Crippen LogP contribution >= 0.6 is 0 Å². The molecule has 0 aromatic rings. The molecule has 0 aromatic heterocycles. The van der Waals surface area contributed by atoms with E-state index in [1.54, 1.807) is 0 Å². The average Bonchev–Trinajstić information content (AvgIpc) is 2.48. The Labute approximate surface area is 126 Å². The van der Waals surface area contributed by atoms with E-state index < -0.39 is 12.0 Å². The molecule has 1 saturated heterocycles. The average molecular weight is 297 g/mol. The first-order chi connectivity index (χ1) is 10.1. The molecule has 21 heavy (non-hydrogen) atoms. The number of amides is 2.